The number of halogens is 3. The van der Waals surface area contributed by atoms with Crippen LogP contribution in [0.2, 0.25) is 0 Å². The van der Waals surface area contributed by atoms with Crippen molar-refractivity contribution < 1.29 is 18.0 Å². The molecule has 2 aromatic heterocycles. The van der Waals surface area contributed by atoms with Crippen LogP contribution in [0, 0.1) is 0 Å². The van der Waals surface area contributed by atoms with Gasteiger partial charge in [0.15, 0.2) is 0 Å². The van der Waals surface area contributed by atoms with Gasteiger partial charge in [0.1, 0.15) is 0 Å². The molecule has 1 amide bonds. The lowest BCUT2D eigenvalue weighted by Gasteiger charge is -2.29. The first-order valence-electron chi connectivity index (χ1n) is 12.6. The quantitative estimate of drug-likeness (QED) is 0.371. The van der Waals surface area contributed by atoms with E-state index in [1.807, 2.05) is 29.8 Å². The summed E-state index contributed by atoms with van der Waals surface area (Å²) in [6, 6.07) is 12.1. The van der Waals surface area contributed by atoms with E-state index in [-0.39, 0.29) is 24.6 Å². The Balaban J connectivity index is 1.33. The molecule has 0 radical (unpaired) electrons. The third-order valence-electron chi connectivity index (χ3n) is 6.70. The molecule has 39 heavy (non-hydrogen) atoms. The molecule has 8 nitrogen and oxygen atoms in total. The van der Waals surface area contributed by atoms with Crippen molar-refractivity contribution in [2.45, 2.75) is 45.6 Å². The molecule has 1 aliphatic rings. The molecule has 4 aromatic rings. The molecule has 0 saturated carbocycles. The Kier molecular flexibility index (Phi) is 7.23. The normalized spacial score (nSPS) is 13.3. The van der Waals surface area contributed by atoms with Crippen molar-refractivity contribution in [1.29, 1.82) is 0 Å². The highest BCUT2D eigenvalue weighted by molar-refractivity contribution is 5.94. The minimum Gasteiger partial charge on any atom is -0.351 e. The van der Waals surface area contributed by atoms with Crippen LogP contribution in [0.3, 0.4) is 0 Å². The van der Waals surface area contributed by atoms with Gasteiger partial charge < -0.3 is 14.8 Å². The Morgan fingerprint density at radius 1 is 1.08 bits per heavy atom. The number of hydrogen-bond donors (Lipinski definition) is 1. The van der Waals surface area contributed by atoms with Crippen molar-refractivity contribution in [1.82, 2.24) is 24.0 Å². The van der Waals surface area contributed by atoms with Gasteiger partial charge in [0, 0.05) is 49.7 Å². The fourth-order valence-corrected chi connectivity index (χ4v) is 4.62. The van der Waals surface area contributed by atoms with Gasteiger partial charge >= 0.3 is 6.18 Å². The average Bonchev–Trinajstić information content (AvgIpc) is 3.48. The smallest absolute Gasteiger partial charge is 0.351 e. The second-order valence-corrected chi connectivity index (χ2v) is 9.36. The van der Waals surface area contributed by atoms with Crippen molar-refractivity contribution in [2.75, 3.05) is 11.9 Å². The molecule has 0 saturated heterocycles. The molecule has 1 N–H and O–H groups in total. The summed E-state index contributed by atoms with van der Waals surface area (Å²) in [5.41, 5.74) is 2.22. The van der Waals surface area contributed by atoms with Crippen molar-refractivity contribution in [2.24, 2.45) is 0 Å². The zero-order chi connectivity index (χ0) is 27.6. The highest BCUT2D eigenvalue weighted by atomic mass is 19.4. The fourth-order valence-electron chi connectivity index (χ4n) is 4.62. The SMILES string of the molecule is CCCn1c(NCc2ccc(C(F)(F)F)cc2)nc2c(c1=O)CN(C(=O)c1ccc(-n3ccnc3)cc1)CC2. The average molecular weight is 537 g/mol. The highest BCUT2D eigenvalue weighted by Gasteiger charge is 2.30. The molecular formula is C28H27F3N6O2. The number of carbonyl (C=O) groups is 1. The third kappa shape index (κ3) is 5.57. The molecule has 0 unspecified atom stereocenters. The minimum atomic E-state index is -4.40. The number of amides is 1. The van der Waals surface area contributed by atoms with Crippen LogP contribution >= 0.6 is 0 Å². The Morgan fingerprint density at radius 3 is 2.46 bits per heavy atom. The number of fused-ring (bicyclic) bond motifs is 1. The third-order valence-corrected chi connectivity index (χ3v) is 6.70. The van der Waals surface area contributed by atoms with Gasteiger partial charge in [-0.25, -0.2) is 9.97 Å². The van der Waals surface area contributed by atoms with E-state index >= 15 is 0 Å². The maximum Gasteiger partial charge on any atom is 0.416 e. The molecule has 5 rings (SSSR count). The minimum absolute atomic E-state index is 0.159. The lowest BCUT2D eigenvalue weighted by Crippen LogP contribution is -2.41. The molecule has 2 aromatic carbocycles. The molecule has 3 heterocycles. The predicted molar refractivity (Wildman–Crippen MR) is 140 cm³/mol. The van der Waals surface area contributed by atoms with Gasteiger partial charge in [-0.1, -0.05) is 19.1 Å². The number of nitrogens with zero attached hydrogens (tertiary/aromatic N) is 5. The van der Waals surface area contributed by atoms with Gasteiger partial charge in [0.25, 0.3) is 11.5 Å². The molecule has 0 bridgehead atoms. The number of benzene rings is 2. The molecule has 0 atom stereocenters. The van der Waals surface area contributed by atoms with Crippen LogP contribution in [0.25, 0.3) is 5.69 Å². The predicted octanol–water partition coefficient (Wildman–Crippen LogP) is 4.67. The number of carbonyl (C=O) groups excluding carboxylic acids is 1. The Labute approximate surface area is 222 Å². The lowest BCUT2D eigenvalue weighted by molar-refractivity contribution is -0.137. The summed E-state index contributed by atoms with van der Waals surface area (Å²) in [6.07, 6.45) is 1.89. The Hall–Kier alpha value is -4.41. The van der Waals surface area contributed by atoms with E-state index in [0.717, 1.165) is 17.8 Å². The number of anilines is 1. The maximum absolute atomic E-state index is 13.5. The first kappa shape index (κ1) is 26.2. The zero-order valence-corrected chi connectivity index (χ0v) is 21.3. The van der Waals surface area contributed by atoms with Gasteiger partial charge in [-0.2, -0.15) is 13.2 Å². The summed E-state index contributed by atoms with van der Waals surface area (Å²) < 4.78 is 42.0. The van der Waals surface area contributed by atoms with Crippen LogP contribution in [0.4, 0.5) is 19.1 Å². The summed E-state index contributed by atoms with van der Waals surface area (Å²) in [4.78, 5) is 37.1. The van der Waals surface area contributed by atoms with Gasteiger partial charge in [0.2, 0.25) is 5.95 Å². The Bertz CT molecular complexity index is 1510. The van der Waals surface area contributed by atoms with Gasteiger partial charge in [-0.05, 0) is 48.4 Å². The summed E-state index contributed by atoms with van der Waals surface area (Å²) in [5, 5.41) is 3.12. The number of rotatable bonds is 7. The number of imidazole rings is 1. The topological polar surface area (TPSA) is 85.0 Å². The van der Waals surface area contributed by atoms with Crippen LogP contribution in [0.15, 0.2) is 72.0 Å². The molecule has 0 spiro atoms. The van der Waals surface area contributed by atoms with Gasteiger partial charge in [-0.15, -0.1) is 0 Å². The molecular weight excluding hydrogens is 509 g/mol. The van der Waals surface area contributed by atoms with E-state index in [0.29, 0.717) is 54.3 Å². The summed E-state index contributed by atoms with van der Waals surface area (Å²) >= 11 is 0. The molecule has 0 fully saturated rings. The first-order chi connectivity index (χ1) is 18.7. The van der Waals surface area contributed by atoms with Crippen molar-refractivity contribution in [3.63, 3.8) is 0 Å². The largest absolute Gasteiger partial charge is 0.416 e. The molecule has 1 aliphatic heterocycles. The van der Waals surface area contributed by atoms with E-state index in [4.69, 9.17) is 4.98 Å². The molecule has 202 valence electrons. The monoisotopic (exact) mass is 536 g/mol. The van der Waals surface area contributed by atoms with Crippen LogP contribution < -0.4 is 10.9 Å². The zero-order valence-electron chi connectivity index (χ0n) is 21.3. The lowest BCUT2D eigenvalue weighted by atomic mass is 10.1. The fraction of sp³-hybridized carbons (Fsp3) is 0.286. The summed E-state index contributed by atoms with van der Waals surface area (Å²) in [7, 11) is 0. The maximum atomic E-state index is 13.5. The first-order valence-corrected chi connectivity index (χ1v) is 12.6. The van der Waals surface area contributed by atoms with Crippen LogP contribution in [-0.4, -0.2) is 36.5 Å². The van der Waals surface area contributed by atoms with Crippen LogP contribution in [-0.2, 0) is 32.2 Å². The molecule has 11 heteroatoms. The second-order valence-electron chi connectivity index (χ2n) is 9.36. The van der Waals surface area contributed by atoms with Crippen LogP contribution in [0.5, 0.6) is 0 Å². The van der Waals surface area contributed by atoms with Crippen molar-refractivity contribution in [3.8, 4) is 5.69 Å². The van der Waals surface area contributed by atoms with E-state index in [2.05, 4.69) is 10.3 Å². The highest BCUT2D eigenvalue weighted by Crippen LogP contribution is 2.29. The van der Waals surface area contributed by atoms with Gasteiger partial charge in [0.05, 0.1) is 29.7 Å². The van der Waals surface area contributed by atoms with E-state index < -0.39 is 11.7 Å². The van der Waals surface area contributed by atoms with E-state index in [1.54, 1.807) is 29.6 Å². The number of nitrogens with one attached hydrogen (secondary N) is 1. The summed E-state index contributed by atoms with van der Waals surface area (Å²) in [6.45, 7) is 3.14. The van der Waals surface area contributed by atoms with E-state index in [1.165, 1.54) is 16.7 Å². The number of alkyl halides is 3. The van der Waals surface area contributed by atoms with Crippen LogP contribution in [0.1, 0.15) is 46.1 Å². The van der Waals surface area contributed by atoms with Gasteiger partial charge in [-0.3, -0.25) is 14.2 Å². The number of hydrogen-bond acceptors (Lipinski definition) is 5. The van der Waals surface area contributed by atoms with Crippen molar-refractivity contribution in [3.05, 3.63) is 106 Å². The van der Waals surface area contributed by atoms with Crippen molar-refractivity contribution >= 4 is 11.9 Å². The van der Waals surface area contributed by atoms with E-state index in [9.17, 15) is 22.8 Å². The Morgan fingerprint density at radius 2 is 1.82 bits per heavy atom. The second kappa shape index (κ2) is 10.8. The summed E-state index contributed by atoms with van der Waals surface area (Å²) in [5.74, 6) is 0.208. The molecule has 0 aliphatic carbocycles. The number of aromatic nitrogens is 4. The standard InChI is InChI=1S/C28H27F3N6O2/c1-2-13-37-26(39)23-17-35(25(38)20-5-9-22(10-6-20)36-15-12-32-18-36)14-11-24(23)34-27(37)33-16-19-3-7-21(8-4-19)28(29,30)31/h3-10,12,15,18H,2,11,13-14,16-17H2,1H3,(H,33,34).